The highest BCUT2D eigenvalue weighted by molar-refractivity contribution is 5.94. The fourth-order valence-corrected chi connectivity index (χ4v) is 3.78. The molecule has 142 valence electrons. The van der Waals surface area contributed by atoms with E-state index in [0.29, 0.717) is 29.8 Å². The van der Waals surface area contributed by atoms with Crippen LogP contribution in [-0.2, 0) is 17.8 Å². The molecule has 1 saturated heterocycles. The number of hydrogen-bond donors (Lipinski definition) is 2. The number of rotatable bonds is 3. The Morgan fingerprint density at radius 1 is 1.22 bits per heavy atom. The lowest BCUT2D eigenvalue weighted by Crippen LogP contribution is -2.56. The molecule has 3 heterocycles. The number of carbonyl (C=O) groups excluding carboxylic acids is 1. The van der Waals surface area contributed by atoms with Gasteiger partial charge in [0.05, 0.1) is 23.8 Å². The van der Waals surface area contributed by atoms with Crippen LogP contribution in [0.1, 0.15) is 31.5 Å². The van der Waals surface area contributed by atoms with Crippen molar-refractivity contribution in [1.82, 2.24) is 20.2 Å². The number of carbonyl (C=O) groups is 1. The molecule has 2 N–H and O–H groups in total. The number of hydrogen-bond acceptors (Lipinski definition) is 5. The van der Waals surface area contributed by atoms with Crippen LogP contribution in [0.15, 0.2) is 24.5 Å². The monoisotopic (exact) mass is 369 g/mol. The van der Waals surface area contributed by atoms with Crippen LogP contribution in [0.25, 0.3) is 11.3 Å². The van der Waals surface area contributed by atoms with Crippen molar-refractivity contribution in [2.75, 3.05) is 25.0 Å². The summed E-state index contributed by atoms with van der Waals surface area (Å²) in [7, 11) is 0. The first-order chi connectivity index (χ1) is 12.9. The van der Waals surface area contributed by atoms with Gasteiger partial charge in [0.25, 0.3) is 0 Å². The van der Waals surface area contributed by atoms with Crippen molar-refractivity contribution in [3.63, 3.8) is 0 Å². The molecule has 0 saturated carbocycles. The third-order valence-corrected chi connectivity index (χ3v) is 5.11. The van der Waals surface area contributed by atoms with E-state index in [-0.39, 0.29) is 11.4 Å². The van der Waals surface area contributed by atoms with Crippen molar-refractivity contribution in [3.8, 4) is 11.3 Å². The van der Waals surface area contributed by atoms with E-state index in [1.165, 1.54) is 6.07 Å². The molecule has 2 aromatic rings. The zero-order chi connectivity index (χ0) is 19.0. The van der Waals surface area contributed by atoms with E-state index >= 15 is 0 Å². The van der Waals surface area contributed by atoms with Gasteiger partial charge in [-0.05, 0) is 38.0 Å². The maximum Gasteiger partial charge on any atom is 0.224 e. The molecule has 0 spiro atoms. The van der Waals surface area contributed by atoms with E-state index in [2.05, 4.69) is 39.3 Å². The molecule has 0 unspecified atom stereocenters. The van der Waals surface area contributed by atoms with Gasteiger partial charge >= 0.3 is 0 Å². The molecule has 7 heteroatoms. The molecule has 0 bridgehead atoms. The minimum atomic E-state index is -0.401. The Hall–Kier alpha value is -2.38. The fraction of sp³-hybridized carbons (Fsp3) is 0.450. The number of piperazine rings is 1. The van der Waals surface area contributed by atoms with Crippen LogP contribution in [0.2, 0.25) is 0 Å². The van der Waals surface area contributed by atoms with E-state index < -0.39 is 5.82 Å². The molecule has 0 atom stereocenters. The largest absolute Gasteiger partial charge is 0.326 e. The van der Waals surface area contributed by atoms with Gasteiger partial charge in [-0.2, -0.15) is 0 Å². The molecular weight excluding hydrogens is 345 g/mol. The number of halogens is 1. The number of nitrogens with zero attached hydrogens (tertiary/aromatic N) is 3. The molecule has 1 aromatic heterocycles. The Kier molecular flexibility index (Phi) is 4.65. The van der Waals surface area contributed by atoms with E-state index in [4.69, 9.17) is 0 Å². The van der Waals surface area contributed by atoms with Crippen molar-refractivity contribution in [2.45, 2.75) is 38.8 Å². The Morgan fingerprint density at radius 3 is 2.81 bits per heavy atom. The zero-order valence-electron chi connectivity index (χ0n) is 15.7. The lowest BCUT2D eigenvalue weighted by molar-refractivity contribution is -0.116. The second-order valence-electron chi connectivity index (χ2n) is 7.95. The average Bonchev–Trinajstić information content (AvgIpc) is 2.61. The summed E-state index contributed by atoms with van der Waals surface area (Å²) in [5, 5.41) is 6.21. The van der Waals surface area contributed by atoms with Gasteiger partial charge < -0.3 is 10.6 Å². The summed E-state index contributed by atoms with van der Waals surface area (Å²) in [6, 6.07) is 3.15. The number of anilines is 1. The summed E-state index contributed by atoms with van der Waals surface area (Å²) < 4.78 is 14.5. The highest BCUT2D eigenvalue weighted by atomic mass is 19.1. The van der Waals surface area contributed by atoms with Crippen molar-refractivity contribution >= 4 is 11.6 Å². The normalized spacial score (nSPS) is 19.4. The van der Waals surface area contributed by atoms with Crippen molar-refractivity contribution in [1.29, 1.82) is 0 Å². The van der Waals surface area contributed by atoms with Crippen LogP contribution < -0.4 is 10.6 Å². The Bertz CT molecular complexity index is 865. The maximum atomic E-state index is 14.5. The quantitative estimate of drug-likeness (QED) is 0.869. The number of fused-ring (bicyclic) bond motifs is 1. The molecule has 0 aliphatic carbocycles. The standard InChI is InChI=1S/C20H24FN5O/c1-20(2)12-26(6-5-24-20)11-14-9-23-18(10-22-14)15-7-13-3-4-19(27)25-17(13)8-16(15)21/h7-10,24H,3-6,11-12H2,1-2H3,(H,25,27). The Balaban J connectivity index is 1.52. The summed E-state index contributed by atoms with van der Waals surface area (Å²) >= 11 is 0. The van der Waals surface area contributed by atoms with Gasteiger partial charge in [-0.3, -0.25) is 19.7 Å². The summed E-state index contributed by atoms with van der Waals surface area (Å²) in [5.41, 5.74) is 3.39. The predicted molar refractivity (Wildman–Crippen MR) is 102 cm³/mol. The highest BCUT2D eigenvalue weighted by Crippen LogP contribution is 2.30. The molecule has 2 aliphatic heterocycles. The van der Waals surface area contributed by atoms with Gasteiger partial charge in [-0.1, -0.05) is 0 Å². The van der Waals surface area contributed by atoms with E-state index in [0.717, 1.165) is 37.4 Å². The summed E-state index contributed by atoms with van der Waals surface area (Å²) in [4.78, 5) is 22.8. The number of amides is 1. The first-order valence-electron chi connectivity index (χ1n) is 9.31. The lowest BCUT2D eigenvalue weighted by atomic mass is 9.99. The third-order valence-electron chi connectivity index (χ3n) is 5.11. The number of aromatic nitrogens is 2. The Morgan fingerprint density at radius 2 is 2.07 bits per heavy atom. The molecule has 2 aliphatic rings. The SMILES string of the molecule is CC1(C)CN(Cc2cnc(-c3cc4c(cc3F)NC(=O)CC4)cn2)CCN1. The van der Waals surface area contributed by atoms with Crippen LogP contribution in [-0.4, -0.2) is 45.9 Å². The molecule has 4 rings (SSSR count). The molecule has 27 heavy (non-hydrogen) atoms. The van der Waals surface area contributed by atoms with E-state index in [1.54, 1.807) is 18.5 Å². The second kappa shape index (κ2) is 6.98. The third kappa shape index (κ3) is 3.99. The first kappa shape index (κ1) is 18.0. The van der Waals surface area contributed by atoms with Crippen molar-refractivity contribution in [2.24, 2.45) is 0 Å². The van der Waals surface area contributed by atoms with Crippen LogP contribution >= 0.6 is 0 Å². The van der Waals surface area contributed by atoms with Gasteiger partial charge in [-0.15, -0.1) is 0 Å². The first-order valence-corrected chi connectivity index (χ1v) is 9.31. The molecule has 1 amide bonds. The fourth-order valence-electron chi connectivity index (χ4n) is 3.78. The van der Waals surface area contributed by atoms with Gasteiger partial charge in [-0.25, -0.2) is 4.39 Å². The smallest absolute Gasteiger partial charge is 0.224 e. The summed E-state index contributed by atoms with van der Waals surface area (Å²) in [6.07, 6.45) is 4.39. The number of aryl methyl sites for hydroxylation is 1. The van der Waals surface area contributed by atoms with Crippen molar-refractivity contribution in [3.05, 3.63) is 41.6 Å². The molecule has 1 aromatic carbocycles. The molecule has 6 nitrogen and oxygen atoms in total. The topological polar surface area (TPSA) is 70.2 Å². The number of nitrogens with one attached hydrogen (secondary N) is 2. The van der Waals surface area contributed by atoms with Gasteiger partial charge in [0, 0.05) is 49.4 Å². The number of benzene rings is 1. The van der Waals surface area contributed by atoms with E-state index in [9.17, 15) is 9.18 Å². The van der Waals surface area contributed by atoms with Gasteiger partial charge in [0.1, 0.15) is 5.82 Å². The van der Waals surface area contributed by atoms with Crippen LogP contribution in [0.3, 0.4) is 0 Å². The van der Waals surface area contributed by atoms with Gasteiger partial charge in [0.2, 0.25) is 5.91 Å². The predicted octanol–water partition coefficient (Wildman–Crippen LogP) is 2.35. The molecule has 1 fully saturated rings. The van der Waals surface area contributed by atoms with Crippen LogP contribution in [0, 0.1) is 5.82 Å². The van der Waals surface area contributed by atoms with Gasteiger partial charge in [0.15, 0.2) is 0 Å². The van der Waals surface area contributed by atoms with E-state index in [1.807, 2.05) is 0 Å². The minimum absolute atomic E-state index is 0.0742. The van der Waals surface area contributed by atoms with Crippen molar-refractivity contribution < 1.29 is 9.18 Å². The second-order valence-corrected chi connectivity index (χ2v) is 7.95. The summed E-state index contributed by atoms with van der Waals surface area (Å²) in [5.74, 6) is -0.475. The molecular formula is C20H24FN5O. The lowest BCUT2D eigenvalue weighted by Gasteiger charge is -2.38. The Labute approximate surface area is 158 Å². The highest BCUT2D eigenvalue weighted by Gasteiger charge is 2.26. The van der Waals surface area contributed by atoms with Crippen LogP contribution in [0.5, 0.6) is 0 Å². The minimum Gasteiger partial charge on any atom is -0.326 e. The zero-order valence-corrected chi connectivity index (χ0v) is 15.7. The average molecular weight is 369 g/mol. The van der Waals surface area contributed by atoms with Crippen LogP contribution in [0.4, 0.5) is 10.1 Å². The summed E-state index contributed by atoms with van der Waals surface area (Å²) in [6.45, 7) is 7.98. The maximum absolute atomic E-state index is 14.5. The molecule has 0 radical (unpaired) electrons.